The number of pyridine rings is 1. The van der Waals surface area contributed by atoms with Gasteiger partial charge >= 0.3 is 0 Å². The molecule has 2 aromatic heterocycles. The number of rotatable bonds is 2. The fourth-order valence-electron chi connectivity index (χ4n) is 1.80. The van der Waals surface area contributed by atoms with E-state index < -0.39 is 0 Å². The molecule has 3 aromatic rings. The maximum absolute atomic E-state index is 6.08. The van der Waals surface area contributed by atoms with Crippen molar-refractivity contribution >= 4 is 11.6 Å². The van der Waals surface area contributed by atoms with Crippen molar-refractivity contribution in [1.82, 2.24) is 15.0 Å². The van der Waals surface area contributed by atoms with Gasteiger partial charge in [0, 0.05) is 29.6 Å². The van der Waals surface area contributed by atoms with Crippen molar-refractivity contribution in [2.24, 2.45) is 0 Å². The van der Waals surface area contributed by atoms with Gasteiger partial charge in [0.1, 0.15) is 5.15 Å². The van der Waals surface area contributed by atoms with E-state index in [0.29, 0.717) is 11.0 Å². The van der Waals surface area contributed by atoms with Crippen LogP contribution in [0.15, 0.2) is 60.9 Å². The van der Waals surface area contributed by atoms with Gasteiger partial charge in [-0.1, -0.05) is 41.9 Å². The maximum Gasteiger partial charge on any atom is 0.161 e. The molecular weight excluding hydrogens is 258 g/mol. The number of hydrogen-bond donors (Lipinski definition) is 0. The third kappa shape index (κ3) is 2.61. The molecule has 0 saturated carbocycles. The zero-order valence-electron chi connectivity index (χ0n) is 9.99. The molecule has 0 bridgehead atoms. The van der Waals surface area contributed by atoms with Gasteiger partial charge in [0.05, 0.1) is 5.69 Å². The van der Waals surface area contributed by atoms with E-state index in [1.807, 2.05) is 42.5 Å². The second-order valence-electron chi connectivity index (χ2n) is 4.01. The predicted molar refractivity (Wildman–Crippen MR) is 75.7 cm³/mol. The molecule has 3 nitrogen and oxygen atoms in total. The van der Waals surface area contributed by atoms with Crippen LogP contribution in [0.5, 0.6) is 0 Å². The molecule has 0 amide bonds. The molecule has 0 saturated heterocycles. The molecule has 0 radical (unpaired) electrons. The van der Waals surface area contributed by atoms with Crippen molar-refractivity contribution in [3.05, 3.63) is 66.1 Å². The Balaban J connectivity index is 2.12. The highest BCUT2D eigenvalue weighted by molar-refractivity contribution is 6.29. The van der Waals surface area contributed by atoms with Gasteiger partial charge < -0.3 is 0 Å². The highest BCUT2D eigenvalue weighted by atomic mass is 35.5. The van der Waals surface area contributed by atoms with Crippen LogP contribution in [-0.2, 0) is 0 Å². The smallest absolute Gasteiger partial charge is 0.161 e. The Labute approximate surface area is 116 Å². The highest BCUT2D eigenvalue weighted by Crippen LogP contribution is 2.23. The molecule has 19 heavy (non-hydrogen) atoms. The van der Waals surface area contributed by atoms with Crippen LogP contribution in [0.1, 0.15) is 0 Å². The molecule has 0 aliphatic heterocycles. The lowest BCUT2D eigenvalue weighted by molar-refractivity contribution is 1.17. The minimum Gasteiger partial charge on any atom is -0.264 e. The van der Waals surface area contributed by atoms with Gasteiger partial charge in [-0.25, -0.2) is 9.97 Å². The van der Waals surface area contributed by atoms with E-state index >= 15 is 0 Å². The first-order valence-corrected chi connectivity index (χ1v) is 6.21. The van der Waals surface area contributed by atoms with Crippen LogP contribution < -0.4 is 0 Å². The van der Waals surface area contributed by atoms with Gasteiger partial charge in [-0.3, -0.25) is 4.98 Å². The summed E-state index contributed by atoms with van der Waals surface area (Å²) in [7, 11) is 0. The Kier molecular flexibility index (Phi) is 3.21. The third-order valence-corrected chi connectivity index (χ3v) is 2.88. The summed E-state index contributed by atoms with van der Waals surface area (Å²) in [5.74, 6) is 0.618. The van der Waals surface area contributed by atoms with Crippen LogP contribution in [0.4, 0.5) is 0 Å². The molecule has 0 aliphatic rings. The lowest BCUT2D eigenvalue weighted by Gasteiger charge is -2.05. The van der Waals surface area contributed by atoms with Crippen LogP contribution in [-0.4, -0.2) is 15.0 Å². The van der Waals surface area contributed by atoms with Crippen molar-refractivity contribution in [1.29, 1.82) is 0 Å². The molecule has 0 fully saturated rings. The molecule has 0 N–H and O–H groups in total. The van der Waals surface area contributed by atoms with Crippen LogP contribution in [0.3, 0.4) is 0 Å². The molecular formula is C15H10ClN3. The molecule has 0 aliphatic carbocycles. The number of halogens is 1. The van der Waals surface area contributed by atoms with E-state index in [0.717, 1.165) is 16.8 Å². The van der Waals surface area contributed by atoms with Crippen molar-refractivity contribution in [3.63, 3.8) is 0 Å². The van der Waals surface area contributed by atoms with E-state index in [-0.39, 0.29) is 0 Å². The molecule has 0 atom stereocenters. The first kappa shape index (κ1) is 11.8. The zero-order valence-corrected chi connectivity index (χ0v) is 10.7. The monoisotopic (exact) mass is 267 g/mol. The van der Waals surface area contributed by atoms with Gasteiger partial charge in [0.2, 0.25) is 0 Å². The van der Waals surface area contributed by atoms with Crippen molar-refractivity contribution in [2.75, 3.05) is 0 Å². The lowest BCUT2D eigenvalue weighted by Crippen LogP contribution is -1.93. The second kappa shape index (κ2) is 5.16. The van der Waals surface area contributed by atoms with Gasteiger partial charge in [-0.05, 0) is 12.1 Å². The fraction of sp³-hybridized carbons (Fsp3) is 0. The summed E-state index contributed by atoms with van der Waals surface area (Å²) < 4.78 is 0. The largest absolute Gasteiger partial charge is 0.264 e. The van der Waals surface area contributed by atoms with Gasteiger partial charge in [0.15, 0.2) is 5.82 Å². The zero-order chi connectivity index (χ0) is 13.1. The summed E-state index contributed by atoms with van der Waals surface area (Å²) in [6.07, 6.45) is 3.48. The lowest BCUT2D eigenvalue weighted by atomic mass is 10.2. The quantitative estimate of drug-likeness (QED) is 0.662. The van der Waals surface area contributed by atoms with Crippen molar-refractivity contribution in [3.8, 4) is 22.6 Å². The van der Waals surface area contributed by atoms with Crippen LogP contribution in [0, 0.1) is 0 Å². The first-order chi connectivity index (χ1) is 9.33. The Hall–Kier alpha value is -2.26. The second-order valence-corrected chi connectivity index (χ2v) is 4.39. The minimum atomic E-state index is 0.424. The van der Waals surface area contributed by atoms with Crippen LogP contribution in [0.2, 0.25) is 5.15 Å². The molecule has 1 aromatic carbocycles. The Morgan fingerprint density at radius 1 is 0.842 bits per heavy atom. The number of nitrogens with zero attached hydrogens (tertiary/aromatic N) is 3. The van der Waals surface area contributed by atoms with E-state index in [1.54, 1.807) is 18.5 Å². The van der Waals surface area contributed by atoms with Crippen molar-refractivity contribution < 1.29 is 0 Å². The van der Waals surface area contributed by atoms with E-state index in [4.69, 9.17) is 11.6 Å². The van der Waals surface area contributed by atoms with Crippen molar-refractivity contribution in [2.45, 2.75) is 0 Å². The minimum absolute atomic E-state index is 0.424. The molecule has 4 heteroatoms. The van der Waals surface area contributed by atoms with Gasteiger partial charge in [0.25, 0.3) is 0 Å². The molecule has 3 rings (SSSR count). The maximum atomic E-state index is 6.08. The Morgan fingerprint density at radius 3 is 2.37 bits per heavy atom. The highest BCUT2D eigenvalue weighted by Gasteiger charge is 2.07. The number of hydrogen-bond acceptors (Lipinski definition) is 3. The summed E-state index contributed by atoms with van der Waals surface area (Å²) in [6, 6.07) is 15.3. The molecule has 0 spiro atoms. The standard InChI is InChI=1S/C15H10ClN3/c16-14-9-13(12-7-4-8-17-10-12)18-15(19-14)11-5-2-1-3-6-11/h1-10H. The average Bonchev–Trinajstić information content (AvgIpc) is 2.48. The summed E-state index contributed by atoms with van der Waals surface area (Å²) in [5, 5.41) is 0.424. The number of benzene rings is 1. The molecule has 0 unspecified atom stereocenters. The normalized spacial score (nSPS) is 10.4. The third-order valence-electron chi connectivity index (χ3n) is 2.68. The summed E-state index contributed by atoms with van der Waals surface area (Å²) in [6.45, 7) is 0. The summed E-state index contributed by atoms with van der Waals surface area (Å²) in [4.78, 5) is 12.9. The summed E-state index contributed by atoms with van der Waals surface area (Å²) in [5.41, 5.74) is 2.63. The first-order valence-electron chi connectivity index (χ1n) is 5.83. The van der Waals surface area contributed by atoms with Gasteiger partial charge in [-0.2, -0.15) is 0 Å². The topological polar surface area (TPSA) is 38.7 Å². The predicted octanol–water partition coefficient (Wildman–Crippen LogP) is 3.86. The van der Waals surface area contributed by atoms with E-state index in [2.05, 4.69) is 15.0 Å². The average molecular weight is 268 g/mol. The Morgan fingerprint density at radius 2 is 1.63 bits per heavy atom. The molecule has 92 valence electrons. The van der Waals surface area contributed by atoms with Crippen LogP contribution in [0.25, 0.3) is 22.6 Å². The van der Waals surface area contributed by atoms with E-state index in [9.17, 15) is 0 Å². The number of aromatic nitrogens is 3. The molecule has 2 heterocycles. The Bertz CT molecular complexity index is 627. The van der Waals surface area contributed by atoms with Crippen LogP contribution >= 0.6 is 11.6 Å². The summed E-state index contributed by atoms with van der Waals surface area (Å²) >= 11 is 6.08. The fourth-order valence-corrected chi connectivity index (χ4v) is 1.98. The van der Waals surface area contributed by atoms with Gasteiger partial charge in [-0.15, -0.1) is 0 Å². The van der Waals surface area contributed by atoms with E-state index in [1.165, 1.54) is 0 Å². The SMILES string of the molecule is Clc1cc(-c2cccnc2)nc(-c2ccccc2)n1.